The highest BCUT2D eigenvalue weighted by atomic mass is 79.9. The van der Waals surface area contributed by atoms with Crippen LogP contribution < -0.4 is 5.73 Å². The molecule has 3 N–H and O–H groups in total. The van der Waals surface area contributed by atoms with Crippen LogP contribution in [0.4, 0.5) is 4.39 Å². The molecule has 1 unspecified atom stereocenters. The predicted octanol–water partition coefficient (Wildman–Crippen LogP) is 3.33. The molecule has 0 saturated carbocycles. The van der Waals surface area contributed by atoms with Gasteiger partial charge in [-0.2, -0.15) is 0 Å². The van der Waals surface area contributed by atoms with E-state index in [9.17, 15) is 9.50 Å². The van der Waals surface area contributed by atoms with E-state index in [0.29, 0.717) is 17.4 Å². The fourth-order valence-electron chi connectivity index (χ4n) is 2.52. The lowest BCUT2D eigenvalue weighted by molar-refractivity contribution is 0.196. The molecule has 1 atom stereocenters. The molecule has 0 fully saturated rings. The first-order valence-electron chi connectivity index (χ1n) is 6.83. The van der Waals surface area contributed by atoms with Crippen molar-refractivity contribution in [3.8, 4) is 0 Å². The Hall–Kier alpha value is -1.23. The highest BCUT2D eigenvalue weighted by molar-refractivity contribution is 9.10. The van der Waals surface area contributed by atoms with Gasteiger partial charge >= 0.3 is 0 Å². The lowest BCUT2D eigenvalue weighted by atomic mass is 9.76. The molecular formula is C17H19BrFNO. The van der Waals surface area contributed by atoms with E-state index in [-0.39, 0.29) is 12.4 Å². The molecule has 0 bridgehead atoms. The molecular weight excluding hydrogens is 333 g/mol. The maximum absolute atomic E-state index is 13.4. The number of benzene rings is 2. The average Bonchev–Trinajstić information content (AvgIpc) is 2.48. The van der Waals surface area contributed by atoms with Gasteiger partial charge in [-0.3, -0.25) is 0 Å². The zero-order chi connectivity index (χ0) is 15.5. The van der Waals surface area contributed by atoms with Crippen molar-refractivity contribution in [3.63, 3.8) is 0 Å². The number of hydrogen-bond acceptors (Lipinski definition) is 2. The molecule has 4 heteroatoms. The molecule has 0 aromatic heterocycles. The van der Waals surface area contributed by atoms with Gasteiger partial charge in [-0.05, 0) is 52.5 Å². The van der Waals surface area contributed by atoms with Crippen molar-refractivity contribution in [2.75, 3.05) is 13.2 Å². The Labute approximate surface area is 132 Å². The Bertz CT molecular complexity index is 626. The van der Waals surface area contributed by atoms with Crippen molar-refractivity contribution in [2.45, 2.75) is 18.8 Å². The maximum atomic E-state index is 13.4. The summed E-state index contributed by atoms with van der Waals surface area (Å²) < 4.78 is 13.8. The van der Waals surface area contributed by atoms with Gasteiger partial charge in [-0.15, -0.1) is 0 Å². The van der Waals surface area contributed by atoms with E-state index in [1.54, 1.807) is 12.1 Å². The van der Waals surface area contributed by atoms with E-state index >= 15 is 0 Å². The molecule has 0 aliphatic rings. The van der Waals surface area contributed by atoms with Crippen LogP contribution in [0.5, 0.6) is 0 Å². The van der Waals surface area contributed by atoms with Gasteiger partial charge in [0.1, 0.15) is 5.82 Å². The molecule has 0 aliphatic carbocycles. The molecule has 2 nitrogen and oxygen atoms in total. The van der Waals surface area contributed by atoms with Gasteiger partial charge in [-0.25, -0.2) is 4.39 Å². The first kappa shape index (κ1) is 16.1. The highest BCUT2D eigenvalue weighted by Gasteiger charge is 2.30. The standard InChI is InChI=1S/C17H19BrFNO/c1-12-3-2-4-14(7-12)17(10-20,11-21)9-13-5-6-16(19)15(18)8-13/h2-8,21H,9-11,20H2,1H3. The number of aryl methyl sites for hydroxylation is 1. The number of aliphatic hydroxyl groups is 1. The summed E-state index contributed by atoms with van der Waals surface area (Å²) in [6.45, 7) is 2.28. The minimum atomic E-state index is -0.552. The van der Waals surface area contributed by atoms with E-state index in [0.717, 1.165) is 16.7 Å². The van der Waals surface area contributed by atoms with Crippen LogP contribution in [0.1, 0.15) is 16.7 Å². The normalized spacial score (nSPS) is 14.0. The molecule has 112 valence electrons. The number of nitrogens with two attached hydrogens (primary N) is 1. The van der Waals surface area contributed by atoms with Crippen molar-refractivity contribution in [1.82, 2.24) is 0 Å². The largest absolute Gasteiger partial charge is 0.395 e. The lowest BCUT2D eigenvalue weighted by Gasteiger charge is -2.31. The molecule has 2 aromatic rings. The summed E-state index contributed by atoms with van der Waals surface area (Å²) in [5.41, 5.74) is 8.48. The molecule has 21 heavy (non-hydrogen) atoms. The Morgan fingerprint density at radius 3 is 2.57 bits per heavy atom. The van der Waals surface area contributed by atoms with Crippen LogP contribution >= 0.6 is 15.9 Å². The lowest BCUT2D eigenvalue weighted by Crippen LogP contribution is -2.41. The van der Waals surface area contributed by atoms with Crippen molar-refractivity contribution < 1.29 is 9.50 Å². The van der Waals surface area contributed by atoms with Gasteiger partial charge in [0.05, 0.1) is 11.1 Å². The Morgan fingerprint density at radius 2 is 2.00 bits per heavy atom. The van der Waals surface area contributed by atoms with Gasteiger partial charge in [0.25, 0.3) is 0 Å². The summed E-state index contributed by atoms with van der Waals surface area (Å²) in [5.74, 6) is -0.295. The first-order valence-corrected chi connectivity index (χ1v) is 7.62. The second-order valence-electron chi connectivity index (χ2n) is 5.44. The number of rotatable bonds is 5. The minimum absolute atomic E-state index is 0.0536. The van der Waals surface area contributed by atoms with Crippen LogP contribution in [-0.2, 0) is 11.8 Å². The van der Waals surface area contributed by atoms with E-state index in [1.807, 2.05) is 31.2 Å². The summed E-state index contributed by atoms with van der Waals surface area (Å²) in [6.07, 6.45) is 0.558. The highest BCUT2D eigenvalue weighted by Crippen LogP contribution is 2.29. The van der Waals surface area contributed by atoms with E-state index in [2.05, 4.69) is 15.9 Å². The second kappa shape index (κ2) is 6.69. The van der Waals surface area contributed by atoms with Gasteiger partial charge in [0, 0.05) is 12.0 Å². The fourth-order valence-corrected chi connectivity index (χ4v) is 2.95. The smallest absolute Gasteiger partial charge is 0.137 e. The Kier molecular flexibility index (Phi) is 5.14. The minimum Gasteiger partial charge on any atom is -0.395 e. The summed E-state index contributed by atoms with van der Waals surface area (Å²) in [5, 5.41) is 9.94. The SMILES string of the molecule is Cc1cccc(C(CN)(CO)Cc2ccc(F)c(Br)c2)c1. The van der Waals surface area contributed by atoms with Crippen molar-refractivity contribution >= 4 is 15.9 Å². The predicted molar refractivity (Wildman–Crippen MR) is 86.8 cm³/mol. The number of halogens is 2. The molecule has 0 amide bonds. The Balaban J connectivity index is 2.40. The molecule has 0 saturated heterocycles. The molecule has 2 rings (SSSR count). The van der Waals surface area contributed by atoms with Crippen LogP contribution in [0.25, 0.3) is 0 Å². The average molecular weight is 352 g/mol. The van der Waals surface area contributed by atoms with E-state index in [1.165, 1.54) is 6.07 Å². The van der Waals surface area contributed by atoms with Crippen LogP contribution in [0.3, 0.4) is 0 Å². The molecule has 0 heterocycles. The zero-order valence-corrected chi connectivity index (χ0v) is 13.5. The van der Waals surface area contributed by atoms with Crippen LogP contribution in [0.2, 0.25) is 0 Å². The van der Waals surface area contributed by atoms with Gasteiger partial charge in [0.15, 0.2) is 0 Å². The third-order valence-corrected chi connectivity index (χ3v) is 4.46. The molecule has 0 spiro atoms. The summed E-state index contributed by atoms with van der Waals surface area (Å²) >= 11 is 3.20. The van der Waals surface area contributed by atoms with Crippen LogP contribution in [0, 0.1) is 12.7 Å². The van der Waals surface area contributed by atoms with E-state index in [4.69, 9.17) is 5.73 Å². The van der Waals surface area contributed by atoms with Crippen LogP contribution in [-0.4, -0.2) is 18.3 Å². The van der Waals surface area contributed by atoms with Crippen molar-refractivity contribution in [3.05, 3.63) is 69.4 Å². The van der Waals surface area contributed by atoms with Crippen molar-refractivity contribution in [1.29, 1.82) is 0 Å². The third kappa shape index (κ3) is 3.51. The first-order chi connectivity index (χ1) is 10.0. The molecule has 0 aliphatic heterocycles. The fraction of sp³-hybridized carbons (Fsp3) is 0.294. The zero-order valence-electron chi connectivity index (χ0n) is 11.9. The summed E-state index contributed by atoms with van der Waals surface area (Å²) in [7, 11) is 0. The summed E-state index contributed by atoms with van der Waals surface area (Å²) in [6, 6.07) is 12.9. The monoisotopic (exact) mass is 351 g/mol. The molecule has 2 aromatic carbocycles. The maximum Gasteiger partial charge on any atom is 0.137 e. The second-order valence-corrected chi connectivity index (χ2v) is 6.29. The van der Waals surface area contributed by atoms with Crippen LogP contribution in [0.15, 0.2) is 46.9 Å². The molecule has 0 radical (unpaired) electrons. The number of hydrogen-bond donors (Lipinski definition) is 2. The number of aliphatic hydroxyl groups excluding tert-OH is 1. The van der Waals surface area contributed by atoms with Gasteiger partial charge in [0.2, 0.25) is 0 Å². The summed E-state index contributed by atoms with van der Waals surface area (Å²) in [4.78, 5) is 0. The van der Waals surface area contributed by atoms with Gasteiger partial charge in [-0.1, -0.05) is 35.9 Å². The van der Waals surface area contributed by atoms with Gasteiger partial charge < -0.3 is 10.8 Å². The quantitative estimate of drug-likeness (QED) is 0.867. The third-order valence-electron chi connectivity index (χ3n) is 3.85. The topological polar surface area (TPSA) is 46.2 Å². The van der Waals surface area contributed by atoms with Crippen molar-refractivity contribution in [2.24, 2.45) is 5.73 Å². The Morgan fingerprint density at radius 1 is 1.24 bits per heavy atom. The van der Waals surface area contributed by atoms with E-state index < -0.39 is 5.41 Å².